The molecule has 4 rings (SSSR count). The van der Waals surface area contributed by atoms with E-state index in [0.717, 1.165) is 17.5 Å². The lowest BCUT2D eigenvalue weighted by molar-refractivity contribution is -0.133. The van der Waals surface area contributed by atoms with Crippen LogP contribution in [0.4, 0.5) is 4.39 Å². The highest BCUT2D eigenvalue weighted by atomic mass is 19.1. The molecule has 4 heteroatoms. The van der Waals surface area contributed by atoms with E-state index in [1.807, 2.05) is 36.2 Å². The number of hydrogen-bond donors (Lipinski definition) is 0. The van der Waals surface area contributed by atoms with Crippen LogP contribution >= 0.6 is 0 Å². The van der Waals surface area contributed by atoms with Crippen molar-refractivity contribution >= 4 is 22.4 Å². The molecule has 1 fully saturated rings. The number of allylic oxidation sites excluding steroid dienone is 4. The molecule has 1 aliphatic heterocycles. The zero-order valence-electron chi connectivity index (χ0n) is 18.2. The predicted molar refractivity (Wildman–Crippen MR) is 121 cm³/mol. The number of hydrogen-bond acceptors (Lipinski definition) is 2. The third kappa shape index (κ3) is 4.05. The molecule has 1 unspecified atom stereocenters. The number of nitrogens with zero attached hydrogens (tertiary/aromatic N) is 2. The molecule has 1 aromatic carbocycles. The number of aromatic nitrogens is 1. The molecule has 0 N–H and O–H groups in total. The van der Waals surface area contributed by atoms with Gasteiger partial charge in [-0.1, -0.05) is 50.3 Å². The predicted octanol–water partition coefficient (Wildman–Crippen LogP) is 6.02. The van der Waals surface area contributed by atoms with Crippen molar-refractivity contribution in [1.82, 2.24) is 9.88 Å². The van der Waals surface area contributed by atoms with Gasteiger partial charge in [0.25, 0.3) is 0 Å². The summed E-state index contributed by atoms with van der Waals surface area (Å²) in [6, 6.07) is 8.20. The van der Waals surface area contributed by atoms with Crippen molar-refractivity contribution in [2.24, 2.45) is 5.41 Å². The number of halogens is 1. The SMILES string of the molecule is CCC(=O)N1CCC(F)(CC2(C)C=CC(c3cnc4ccccc4c3C)=CC2)CC1. The number of amides is 1. The number of alkyl halides is 1. The lowest BCUT2D eigenvalue weighted by Crippen LogP contribution is -2.46. The fourth-order valence-electron chi connectivity index (χ4n) is 4.95. The number of rotatable bonds is 4. The Bertz CT molecular complexity index is 1020. The van der Waals surface area contributed by atoms with E-state index in [4.69, 9.17) is 0 Å². The molecule has 0 saturated carbocycles. The van der Waals surface area contributed by atoms with Gasteiger partial charge in [0, 0.05) is 36.7 Å². The van der Waals surface area contributed by atoms with Gasteiger partial charge in [0.05, 0.1) is 5.52 Å². The molecule has 30 heavy (non-hydrogen) atoms. The zero-order chi connectivity index (χ0) is 21.4. The van der Waals surface area contributed by atoms with Crippen LogP contribution in [0.5, 0.6) is 0 Å². The highest BCUT2D eigenvalue weighted by Gasteiger charge is 2.41. The largest absolute Gasteiger partial charge is 0.342 e. The molecule has 1 atom stereocenters. The van der Waals surface area contributed by atoms with Crippen molar-refractivity contribution in [1.29, 1.82) is 0 Å². The van der Waals surface area contributed by atoms with Gasteiger partial charge >= 0.3 is 0 Å². The number of likely N-dealkylation sites (tertiary alicyclic amines) is 1. The molecule has 2 aromatic rings. The van der Waals surface area contributed by atoms with Crippen LogP contribution in [0, 0.1) is 12.3 Å². The Morgan fingerprint density at radius 2 is 1.97 bits per heavy atom. The molecule has 2 aliphatic rings. The molecule has 0 bridgehead atoms. The molecule has 0 spiro atoms. The third-order valence-corrected chi connectivity index (χ3v) is 6.84. The Kier molecular flexibility index (Phi) is 5.52. The van der Waals surface area contributed by atoms with Crippen LogP contribution in [-0.4, -0.2) is 34.5 Å². The van der Waals surface area contributed by atoms with Crippen LogP contribution in [0.25, 0.3) is 16.5 Å². The average molecular weight is 407 g/mol. The van der Waals surface area contributed by atoms with Gasteiger partial charge in [-0.15, -0.1) is 0 Å². The first-order valence-electron chi connectivity index (χ1n) is 11.0. The molecule has 3 nitrogen and oxygen atoms in total. The minimum Gasteiger partial charge on any atom is -0.342 e. The summed E-state index contributed by atoms with van der Waals surface area (Å²) in [6.45, 7) is 7.22. The van der Waals surface area contributed by atoms with Crippen LogP contribution in [0.2, 0.25) is 0 Å². The van der Waals surface area contributed by atoms with Gasteiger partial charge < -0.3 is 4.90 Å². The van der Waals surface area contributed by atoms with E-state index in [-0.39, 0.29) is 11.3 Å². The van der Waals surface area contributed by atoms with E-state index in [0.29, 0.717) is 38.8 Å². The van der Waals surface area contributed by atoms with E-state index in [9.17, 15) is 4.79 Å². The molecule has 0 radical (unpaired) electrons. The van der Waals surface area contributed by atoms with Crippen molar-refractivity contribution in [2.45, 2.75) is 58.5 Å². The highest BCUT2D eigenvalue weighted by Crippen LogP contribution is 2.44. The van der Waals surface area contributed by atoms with Crippen molar-refractivity contribution < 1.29 is 9.18 Å². The summed E-state index contributed by atoms with van der Waals surface area (Å²) in [5.41, 5.74) is 3.15. The molecule has 1 aromatic heterocycles. The van der Waals surface area contributed by atoms with Crippen LogP contribution < -0.4 is 0 Å². The van der Waals surface area contributed by atoms with E-state index < -0.39 is 5.67 Å². The molecular weight excluding hydrogens is 375 g/mol. The van der Waals surface area contributed by atoms with Gasteiger partial charge in [0.2, 0.25) is 5.91 Å². The number of aryl methyl sites for hydroxylation is 1. The number of carbonyl (C=O) groups excluding carboxylic acids is 1. The van der Waals surface area contributed by atoms with Gasteiger partial charge in [-0.3, -0.25) is 9.78 Å². The summed E-state index contributed by atoms with van der Waals surface area (Å²) in [7, 11) is 0. The maximum Gasteiger partial charge on any atom is 0.222 e. The van der Waals surface area contributed by atoms with Crippen molar-refractivity contribution in [3.63, 3.8) is 0 Å². The Morgan fingerprint density at radius 3 is 2.63 bits per heavy atom. The number of pyridine rings is 1. The van der Waals surface area contributed by atoms with Crippen LogP contribution in [0.15, 0.2) is 48.7 Å². The lowest BCUT2D eigenvalue weighted by Gasteiger charge is -2.41. The van der Waals surface area contributed by atoms with E-state index in [1.165, 1.54) is 16.5 Å². The van der Waals surface area contributed by atoms with Crippen LogP contribution in [0.1, 0.15) is 57.1 Å². The first-order valence-corrected chi connectivity index (χ1v) is 11.0. The smallest absolute Gasteiger partial charge is 0.222 e. The number of para-hydroxylation sites is 1. The first kappa shape index (κ1) is 20.8. The maximum absolute atomic E-state index is 15.6. The molecule has 1 saturated heterocycles. The van der Waals surface area contributed by atoms with Gasteiger partial charge in [0.15, 0.2) is 0 Å². The minimum absolute atomic E-state index is 0.132. The second-order valence-corrected chi connectivity index (χ2v) is 9.23. The van der Waals surface area contributed by atoms with E-state index >= 15 is 4.39 Å². The first-order chi connectivity index (χ1) is 14.3. The Labute approximate surface area is 178 Å². The zero-order valence-corrected chi connectivity index (χ0v) is 18.2. The van der Waals surface area contributed by atoms with Crippen molar-refractivity contribution in [3.8, 4) is 0 Å². The standard InChI is InChI=1S/C26H31FN2O/c1-4-24(30)29-15-13-26(27,14-16-29)18-25(3)11-9-20(10-12-25)22-17-28-23-8-6-5-7-21(23)19(22)2/h5-11,17H,4,12-16,18H2,1-3H3. The minimum atomic E-state index is -1.20. The second kappa shape index (κ2) is 7.98. The van der Waals surface area contributed by atoms with Crippen molar-refractivity contribution in [3.05, 3.63) is 59.8 Å². The molecule has 2 heterocycles. The van der Waals surface area contributed by atoms with Gasteiger partial charge in [0.1, 0.15) is 5.67 Å². The summed E-state index contributed by atoms with van der Waals surface area (Å²) in [4.78, 5) is 18.3. The van der Waals surface area contributed by atoms with Gasteiger partial charge in [-0.2, -0.15) is 0 Å². The summed E-state index contributed by atoms with van der Waals surface area (Å²) < 4.78 is 15.6. The summed E-state index contributed by atoms with van der Waals surface area (Å²) in [5.74, 6) is 0.132. The second-order valence-electron chi connectivity index (χ2n) is 9.23. The average Bonchev–Trinajstić information content (AvgIpc) is 2.74. The summed E-state index contributed by atoms with van der Waals surface area (Å²) in [6.07, 6.45) is 11.2. The van der Waals surface area contributed by atoms with E-state index in [2.05, 4.69) is 43.1 Å². The monoisotopic (exact) mass is 406 g/mol. The van der Waals surface area contributed by atoms with Gasteiger partial charge in [-0.25, -0.2) is 4.39 Å². The number of benzene rings is 1. The van der Waals surface area contributed by atoms with Crippen LogP contribution in [0.3, 0.4) is 0 Å². The van der Waals surface area contributed by atoms with Gasteiger partial charge in [-0.05, 0) is 55.2 Å². The number of piperidine rings is 1. The fourth-order valence-corrected chi connectivity index (χ4v) is 4.95. The van der Waals surface area contributed by atoms with E-state index in [1.54, 1.807) is 0 Å². The molecule has 158 valence electrons. The molecular formula is C26H31FN2O. The lowest BCUT2D eigenvalue weighted by atomic mass is 9.71. The van der Waals surface area contributed by atoms with Crippen LogP contribution in [-0.2, 0) is 4.79 Å². The molecule has 1 aliphatic carbocycles. The summed E-state index contributed by atoms with van der Waals surface area (Å²) in [5, 5.41) is 1.17. The summed E-state index contributed by atoms with van der Waals surface area (Å²) >= 11 is 0. The Morgan fingerprint density at radius 1 is 1.23 bits per heavy atom. The Balaban J connectivity index is 1.46. The highest BCUT2D eigenvalue weighted by molar-refractivity contribution is 5.89. The van der Waals surface area contributed by atoms with Crippen molar-refractivity contribution in [2.75, 3.05) is 13.1 Å². The fraction of sp³-hybridized carbons (Fsp3) is 0.462. The topological polar surface area (TPSA) is 33.2 Å². The molecule has 1 amide bonds. The quantitative estimate of drug-likeness (QED) is 0.622. The Hall–Kier alpha value is -2.49. The number of carbonyl (C=O) groups is 1. The third-order valence-electron chi connectivity index (χ3n) is 6.84. The number of fused-ring (bicyclic) bond motifs is 1. The maximum atomic E-state index is 15.6. The normalized spacial score (nSPS) is 23.5.